The number of nitrogens with zero attached hydrogens (tertiary/aromatic N) is 1. The summed E-state index contributed by atoms with van der Waals surface area (Å²) in [6.07, 6.45) is 0.791. The molecule has 0 aromatic heterocycles. The second-order valence-electron chi connectivity index (χ2n) is 4.32. The molecule has 0 amide bonds. The molecular weight excluding hydrogens is 226 g/mol. The molecule has 0 aliphatic carbocycles. The van der Waals surface area contributed by atoms with Gasteiger partial charge >= 0.3 is 0 Å². The van der Waals surface area contributed by atoms with Crippen molar-refractivity contribution in [3.8, 4) is 5.75 Å². The average Bonchev–Trinajstić information content (AvgIpc) is 2.46. The molecule has 1 N–H and O–H groups in total. The van der Waals surface area contributed by atoms with E-state index in [1.807, 2.05) is 54.6 Å². The van der Waals surface area contributed by atoms with Gasteiger partial charge in [0.1, 0.15) is 5.75 Å². The monoisotopic (exact) mass is 239 g/mol. The Balaban J connectivity index is 2.02. The first kappa shape index (κ1) is 10.8. The third-order valence-corrected chi connectivity index (χ3v) is 3.21. The van der Waals surface area contributed by atoms with E-state index in [1.165, 1.54) is 0 Å². The van der Waals surface area contributed by atoms with Crippen LogP contribution in [0.3, 0.4) is 0 Å². The molecule has 1 unspecified atom stereocenters. The van der Waals surface area contributed by atoms with E-state index in [9.17, 15) is 0 Å². The van der Waals surface area contributed by atoms with Gasteiger partial charge in [0, 0.05) is 0 Å². The minimum absolute atomic E-state index is 0.0221. The van der Waals surface area contributed by atoms with Gasteiger partial charge in [-0.2, -0.15) is 0 Å². The van der Waals surface area contributed by atoms with Gasteiger partial charge in [0.25, 0.3) is 0 Å². The number of oxime groups is 1. The highest BCUT2D eigenvalue weighted by Crippen LogP contribution is 2.33. The van der Waals surface area contributed by atoms with Gasteiger partial charge in [-0.1, -0.05) is 53.7 Å². The van der Waals surface area contributed by atoms with Crippen LogP contribution in [-0.2, 0) is 6.42 Å². The fourth-order valence-electron chi connectivity index (χ4n) is 2.30. The van der Waals surface area contributed by atoms with Gasteiger partial charge in [0.05, 0.1) is 5.92 Å². The predicted octanol–water partition coefficient (Wildman–Crippen LogP) is 3.19. The van der Waals surface area contributed by atoms with Crippen LogP contribution in [0.4, 0.5) is 0 Å². The molecule has 0 radical (unpaired) electrons. The van der Waals surface area contributed by atoms with Crippen LogP contribution in [-0.4, -0.2) is 11.1 Å². The highest BCUT2D eigenvalue weighted by molar-refractivity contribution is 5.87. The summed E-state index contributed by atoms with van der Waals surface area (Å²) in [7, 11) is 0. The van der Waals surface area contributed by atoms with Crippen LogP contribution < -0.4 is 4.74 Å². The standard InChI is InChI=1S/C15H13NO2/c17-16-15-13(11-6-2-1-3-7-11)10-12-8-4-5-9-14(12)18-15/h1-9,13,17H,10H2. The smallest absolute Gasteiger partial charge is 0.238 e. The van der Waals surface area contributed by atoms with E-state index in [1.54, 1.807) is 0 Å². The molecular formula is C15H13NO2. The Kier molecular flexibility index (Phi) is 2.73. The first-order chi connectivity index (χ1) is 8.88. The summed E-state index contributed by atoms with van der Waals surface area (Å²) >= 11 is 0. The lowest BCUT2D eigenvalue weighted by molar-refractivity contribution is 0.295. The highest BCUT2D eigenvalue weighted by Gasteiger charge is 2.28. The van der Waals surface area contributed by atoms with E-state index in [-0.39, 0.29) is 5.92 Å². The normalized spacial score (nSPS) is 20.2. The topological polar surface area (TPSA) is 41.8 Å². The van der Waals surface area contributed by atoms with E-state index >= 15 is 0 Å². The molecule has 18 heavy (non-hydrogen) atoms. The zero-order valence-corrected chi connectivity index (χ0v) is 9.78. The minimum Gasteiger partial charge on any atom is -0.439 e. The van der Waals surface area contributed by atoms with E-state index in [0.29, 0.717) is 5.90 Å². The summed E-state index contributed by atoms with van der Waals surface area (Å²) in [6.45, 7) is 0. The maximum Gasteiger partial charge on any atom is 0.238 e. The van der Waals surface area contributed by atoms with Crippen molar-refractivity contribution < 1.29 is 9.94 Å². The SMILES string of the molecule is ON=C1Oc2ccccc2CC1c1ccccc1. The second kappa shape index (κ2) is 4.53. The van der Waals surface area contributed by atoms with Crippen LogP contribution in [0.25, 0.3) is 0 Å². The number of hydrogen-bond donors (Lipinski definition) is 1. The van der Waals surface area contributed by atoms with Gasteiger partial charge in [0.2, 0.25) is 5.90 Å². The Hall–Kier alpha value is -2.29. The predicted molar refractivity (Wildman–Crippen MR) is 69.2 cm³/mol. The quantitative estimate of drug-likeness (QED) is 0.613. The molecule has 1 heterocycles. The molecule has 1 aliphatic heterocycles. The lowest BCUT2D eigenvalue weighted by Crippen LogP contribution is -2.26. The summed E-state index contributed by atoms with van der Waals surface area (Å²) in [5, 5.41) is 12.4. The number of hydrogen-bond acceptors (Lipinski definition) is 3. The molecule has 0 fully saturated rings. The van der Waals surface area contributed by atoms with Crippen molar-refractivity contribution in [2.24, 2.45) is 5.16 Å². The molecule has 0 saturated heterocycles. The summed E-state index contributed by atoms with van der Waals surface area (Å²) in [5.41, 5.74) is 2.23. The first-order valence-electron chi connectivity index (χ1n) is 5.91. The molecule has 0 spiro atoms. The second-order valence-corrected chi connectivity index (χ2v) is 4.32. The minimum atomic E-state index is -0.0221. The van der Waals surface area contributed by atoms with E-state index in [0.717, 1.165) is 23.3 Å². The Morgan fingerprint density at radius 1 is 1.00 bits per heavy atom. The van der Waals surface area contributed by atoms with Crippen LogP contribution in [0, 0.1) is 0 Å². The van der Waals surface area contributed by atoms with Crippen molar-refractivity contribution in [2.45, 2.75) is 12.3 Å². The van der Waals surface area contributed by atoms with Gasteiger partial charge in [-0.05, 0) is 23.6 Å². The van der Waals surface area contributed by atoms with Gasteiger partial charge in [-0.25, -0.2) is 0 Å². The maximum absolute atomic E-state index is 9.11. The van der Waals surface area contributed by atoms with Gasteiger partial charge < -0.3 is 9.94 Å². The number of rotatable bonds is 1. The van der Waals surface area contributed by atoms with Crippen molar-refractivity contribution >= 4 is 5.90 Å². The van der Waals surface area contributed by atoms with Crippen molar-refractivity contribution in [1.29, 1.82) is 0 Å². The fraction of sp³-hybridized carbons (Fsp3) is 0.133. The number of ether oxygens (including phenoxy) is 1. The van der Waals surface area contributed by atoms with Crippen molar-refractivity contribution in [3.05, 3.63) is 65.7 Å². The molecule has 1 aliphatic rings. The Morgan fingerprint density at radius 3 is 2.50 bits per heavy atom. The molecule has 3 heteroatoms. The van der Waals surface area contributed by atoms with Crippen molar-refractivity contribution in [2.75, 3.05) is 0 Å². The van der Waals surface area contributed by atoms with Gasteiger partial charge in [0.15, 0.2) is 0 Å². The number of fused-ring (bicyclic) bond motifs is 1. The Morgan fingerprint density at radius 2 is 1.72 bits per heavy atom. The molecule has 0 saturated carbocycles. The molecule has 2 aromatic rings. The fourth-order valence-corrected chi connectivity index (χ4v) is 2.30. The van der Waals surface area contributed by atoms with Crippen LogP contribution in [0.15, 0.2) is 59.8 Å². The number of para-hydroxylation sites is 1. The van der Waals surface area contributed by atoms with E-state index in [4.69, 9.17) is 9.94 Å². The lowest BCUT2D eigenvalue weighted by atomic mass is 9.89. The zero-order chi connectivity index (χ0) is 12.4. The highest BCUT2D eigenvalue weighted by atomic mass is 16.5. The van der Waals surface area contributed by atoms with Gasteiger partial charge in [-0.15, -0.1) is 0 Å². The summed E-state index contributed by atoms with van der Waals surface area (Å²) in [4.78, 5) is 0. The van der Waals surface area contributed by atoms with E-state index in [2.05, 4.69) is 5.16 Å². The lowest BCUT2D eigenvalue weighted by Gasteiger charge is -2.25. The Bertz CT molecular complexity index is 578. The van der Waals surface area contributed by atoms with Crippen LogP contribution in [0.2, 0.25) is 0 Å². The van der Waals surface area contributed by atoms with Crippen LogP contribution in [0.5, 0.6) is 5.75 Å². The maximum atomic E-state index is 9.11. The molecule has 90 valence electrons. The zero-order valence-electron chi connectivity index (χ0n) is 9.78. The number of benzene rings is 2. The van der Waals surface area contributed by atoms with Crippen molar-refractivity contribution in [3.63, 3.8) is 0 Å². The third-order valence-electron chi connectivity index (χ3n) is 3.21. The third kappa shape index (κ3) is 1.84. The molecule has 3 nitrogen and oxygen atoms in total. The van der Waals surface area contributed by atoms with Crippen LogP contribution >= 0.6 is 0 Å². The Labute approximate surface area is 105 Å². The summed E-state index contributed by atoms with van der Waals surface area (Å²) in [6, 6.07) is 17.8. The molecule has 3 rings (SSSR count). The summed E-state index contributed by atoms with van der Waals surface area (Å²) < 4.78 is 5.65. The molecule has 2 aromatic carbocycles. The summed E-state index contributed by atoms with van der Waals surface area (Å²) in [5.74, 6) is 1.11. The van der Waals surface area contributed by atoms with Crippen molar-refractivity contribution in [1.82, 2.24) is 0 Å². The molecule has 1 atom stereocenters. The van der Waals surface area contributed by atoms with E-state index < -0.39 is 0 Å². The molecule has 0 bridgehead atoms. The first-order valence-corrected chi connectivity index (χ1v) is 5.91. The average molecular weight is 239 g/mol. The van der Waals surface area contributed by atoms with Gasteiger partial charge in [-0.3, -0.25) is 0 Å². The van der Waals surface area contributed by atoms with Crippen LogP contribution in [0.1, 0.15) is 17.0 Å². The largest absolute Gasteiger partial charge is 0.439 e.